The van der Waals surface area contributed by atoms with E-state index in [0.717, 1.165) is 31.7 Å². The number of aromatic nitrogens is 2. The molecule has 3 rings (SSSR count). The first-order valence-corrected chi connectivity index (χ1v) is 8.14. The van der Waals surface area contributed by atoms with Crippen molar-refractivity contribution < 1.29 is 0 Å². The molecule has 1 unspecified atom stereocenters. The molecule has 1 aliphatic heterocycles. The second kappa shape index (κ2) is 5.79. The van der Waals surface area contributed by atoms with Crippen molar-refractivity contribution in [2.75, 3.05) is 24.5 Å². The van der Waals surface area contributed by atoms with Crippen LogP contribution in [-0.4, -0.2) is 29.4 Å². The molecule has 1 aromatic heterocycles. The average molecular weight is 290 g/mol. The van der Waals surface area contributed by atoms with Gasteiger partial charge in [0, 0.05) is 19.2 Å². The Labute approximate surface area is 126 Å². The van der Waals surface area contributed by atoms with E-state index in [-0.39, 0.29) is 11.0 Å². The SMILES string of the molecule is CC1CCCN(c2cnn(CC3(CCN)CC3)c(=O)c2)C1. The van der Waals surface area contributed by atoms with Crippen molar-refractivity contribution in [2.24, 2.45) is 17.1 Å². The fourth-order valence-electron chi connectivity index (χ4n) is 3.43. The minimum absolute atomic E-state index is 0.0222. The highest BCUT2D eigenvalue weighted by atomic mass is 16.1. The lowest BCUT2D eigenvalue weighted by molar-refractivity contribution is 0.365. The molecule has 21 heavy (non-hydrogen) atoms. The summed E-state index contributed by atoms with van der Waals surface area (Å²) < 4.78 is 1.62. The zero-order valence-electron chi connectivity index (χ0n) is 12.9. The smallest absolute Gasteiger partial charge is 0.268 e. The fraction of sp³-hybridized carbons (Fsp3) is 0.750. The molecule has 1 atom stereocenters. The molecule has 1 aliphatic carbocycles. The fourth-order valence-corrected chi connectivity index (χ4v) is 3.43. The van der Waals surface area contributed by atoms with Crippen LogP contribution in [0.25, 0.3) is 0 Å². The Morgan fingerprint density at radius 2 is 2.29 bits per heavy atom. The first-order chi connectivity index (χ1) is 10.1. The maximum atomic E-state index is 12.3. The van der Waals surface area contributed by atoms with E-state index in [1.165, 1.54) is 25.7 Å². The standard InChI is InChI=1S/C16H26N4O/c1-13-3-2-8-19(11-13)14-9-15(21)20(18-10-14)12-16(4-5-16)6-7-17/h9-10,13H,2-8,11-12,17H2,1H3. The van der Waals surface area contributed by atoms with Gasteiger partial charge < -0.3 is 10.6 Å². The normalized spacial score (nSPS) is 24.1. The van der Waals surface area contributed by atoms with Gasteiger partial charge in [-0.3, -0.25) is 4.79 Å². The van der Waals surface area contributed by atoms with Crippen LogP contribution in [0.15, 0.2) is 17.1 Å². The third kappa shape index (κ3) is 3.28. The Balaban J connectivity index is 1.72. The number of hydrogen-bond acceptors (Lipinski definition) is 4. The second-order valence-electron chi connectivity index (χ2n) is 6.94. The van der Waals surface area contributed by atoms with Crippen molar-refractivity contribution in [1.82, 2.24) is 9.78 Å². The molecule has 2 fully saturated rings. The van der Waals surface area contributed by atoms with Crippen LogP contribution >= 0.6 is 0 Å². The first kappa shape index (κ1) is 14.6. The van der Waals surface area contributed by atoms with E-state index in [1.807, 2.05) is 6.20 Å². The summed E-state index contributed by atoms with van der Waals surface area (Å²) in [5, 5.41) is 4.41. The van der Waals surface area contributed by atoms with Crippen molar-refractivity contribution in [3.05, 3.63) is 22.6 Å². The highest BCUT2D eigenvalue weighted by Gasteiger charge is 2.42. The summed E-state index contributed by atoms with van der Waals surface area (Å²) in [7, 11) is 0. The maximum Gasteiger partial charge on any atom is 0.268 e. The van der Waals surface area contributed by atoms with Crippen LogP contribution < -0.4 is 16.2 Å². The van der Waals surface area contributed by atoms with Crippen LogP contribution in [0, 0.1) is 11.3 Å². The summed E-state index contributed by atoms with van der Waals surface area (Å²) >= 11 is 0. The molecule has 116 valence electrons. The Hall–Kier alpha value is -1.36. The number of hydrogen-bond donors (Lipinski definition) is 1. The molecular weight excluding hydrogens is 264 g/mol. The van der Waals surface area contributed by atoms with Crippen LogP contribution in [0.4, 0.5) is 5.69 Å². The van der Waals surface area contributed by atoms with E-state index < -0.39 is 0 Å². The monoisotopic (exact) mass is 290 g/mol. The summed E-state index contributed by atoms with van der Waals surface area (Å²) in [5.41, 5.74) is 6.91. The maximum absolute atomic E-state index is 12.3. The van der Waals surface area contributed by atoms with E-state index in [0.29, 0.717) is 12.5 Å². The van der Waals surface area contributed by atoms with Gasteiger partial charge in [-0.05, 0) is 50.0 Å². The molecule has 0 spiro atoms. The van der Waals surface area contributed by atoms with Crippen molar-refractivity contribution in [2.45, 2.75) is 45.6 Å². The van der Waals surface area contributed by atoms with Crippen molar-refractivity contribution >= 4 is 5.69 Å². The number of nitrogens with zero attached hydrogens (tertiary/aromatic N) is 3. The second-order valence-corrected chi connectivity index (χ2v) is 6.94. The zero-order chi connectivity index (χ0) is 14.9. The summed E-state index contributed by atoms with van der Waals surface area (Å²) in [6.45, 7) is 5.75. The minimum atomic E-state index is 0.0222. The van der Waals surface area contributed by atoms with Crippen LogP contribution in [0.1, 0.15) is 39.0 Å². The molecule has 0 amide bonds. The van der Waals surface area contributed by atoms with Gasteiger partial charge in [-0.25, -0.2) is 4.68 Å². The largest absolute Gasteiger partial charge is 0.370 e. The lowest BCUT2D eigenvalue weighted by Crippen LogP contribution is -2.36. The van der Waals surface area contributed by atoms with Crippen LogP contribution in [0.2, 0.25) is 0 Å². The average Bonchev–Trinajstić information content (AvgIpc) is 3.21. The molecule has 5 nitrogen and oxygen atoms in total. The third-order valence-corrected chi connectivity index (χ3v) is 4.99. The minimum Gasteiger partial charge on any atom is -0.370 e. The first-order valence-electron chi connectivity index (χ1n) is 8.14. The van der Waals surface area contributed by atoms with Gasteiger partial charge in [-0.2, -0.15) is 5.10 Å². The van der Waals surface area contributed by atoms with Gasteiger partial charge in [-0.15, -0.1) is 0 Å². The molecule has 1 saturated carbocycles. The summed E-state index contributed by atoms with van der Waals surface area (Å²) in [6.07, 6.45) is 7.67. The molecule has 0 aromatic carbocycles. The van der Waals surface area contributed by atoms with Gasteiger partial charge in [0.1, 0.15) is 0 Å². The van der Waals surface area contributed by atoms with E-state index in [1.54, 1.807) is 10.7 Å². The molecule has 0 bridgehead atoms. The number of anilines is 1. The topological polar surface area (TPSA) is 64.2 Å². The molecule has 2 aliphatic rings. The van der Waals surface area contributed by atoms with E-state index in [2.05, 4.69) is 16.9 Å². The van der Waals surface area contributed by atoms with Crippen molar-refractivity contribution in [3.8, 4) is 0 Å². The van der Waals surface area contributed by atoms with E-state index in [9.17, 15) is 4.79 Å². The summed E-state index contributed by atoms with van der Waals surface area (Å²) in [4.78, 5) is 14.6. The van der Waals surface area contributed by atoms with Gasteiger partial charge >= 0.3 is 0 Å². The lowest BCUT2D eigenvalue weighted by atomic mass is 10.00. The lowest BCUT2D eigenvalue weighted by Gasteiger charge is -2.32. The predicted octanol–water partition coefficient (Wildman–Crippen LogP) is 1.61. The number of rotatable bonds is 5. The van der Waals surface area contributed by atoms with Gasteiger partial charge in [0.05, 0.1) is 18.4 Å². The summed E-state index contributed by atoms with van der Waals surface area (Å²) in [6, 6.07) is 1.75. The Morgan fingerprint density at radius 1 is 1.48 bits per heavy atom. The van der Waals surface area contributed by atoms with Gasteiger partial charge in [0.15, 0.2) is 0 Å². The Bertz CT molecular complexity index is 549. The van der Waals surface area contributed by atoms with Crippen LogP contribution in [0.5, 0.6) is 0 Å². The third-order valence-electron chi connectivity index (χ3n) is 4.99. The molecule has 2 N–H and O–H groups in total. The molecule has 1 aromatic rings. The highest BCUT2D eigenvalue weighted by molar-refractivity contribution is 5.43. The zero-order valence-corrected chi connectivity index (χ0v) is 12.9. The Kier molecular flexibility index (Phi) is 4.02. The molecule has 0 radical (unpaired) electrons. The van der Waals surface area contributed by atoms with Gasteiger partial charge in [0.25, 0.3) is 5.56 Å². The predicted molar refractivity (Wildman–Crippen MR) is 84.4 cm³/mol. The highest BCUT2D eigenvalue weighted by Crippen LogP contribution is 2.49. The van der Waals surface area contributed by atoms with Crippen molar-refractivity contribution in [3.63, 3.8) is 0 Å². The summed E-state index contributed by atoms with van der Waals surface area (Å²) in [5.74, 6) is 0.695. The number of nitrogens with two attached hydrogens (primary N) is 1. The Morgan fingerprint density at radius 3 is 2.90 bits per heavy atom. The van der Waals surface area contributed by atoms with Gasteiger partial charge in [-0.1, -0.05) is 6.92 Å². The van der Waals surface area contributed by atoms with Crippen LogP contribution in [0.3, 0.4) is 0 Å². The molecule has 2 heterocycles. The van der Waals surface area contributed by atoms with Crippen LogP contribution in [-0.2, 0) is 6.54 Å². The van der Waals surface area contributed by atoms with Gasteiger partial charge in [0.2, 0.25) is 0 Å². The molecule has 1 saturated heterocycles. The quantitative estimate of drug-likeness (QED) is 0.895. The molecular formula is C16H26N4O. The number of piperidine rings is 1. The van der Waals surface area contributed by atoms with E-state index in [4.69, 9.17) is 5.73 Å². The van der Waals surface area contributed by atoms with Crippen molar-refractivity contribution in [1.29, 1.82) is 0 Å². The van der Waals surface area contributed by atoms with E-state index >= 15 is 0 Å². The molecule has 5 heteroatoms.